The number of nitrogens with one attached hydrogen (secondary N) is 1. The van der Waals surface area contributed by atoms with Crippen molar-refractivity contribution < 1.29 is 32.8 Å². The topological polar surface area (TPSA) is 72.0 Å². The van der Waals surface area contributed by atoms with Crippen molar-refractivity contribution >= 4 is 11.9 Å². The van der Waals surface area contributed by atoms with Crippen molar-refractivity contribution in [1.82, 2.24) is 5.32 Å². The summed E-state index contributed by atoms with van der Waals surface area (Å²) in [6.07, 6.45) is -5.08. The van der Waals surface area contributed by atoms with Crippen LogP contribution >= 0.6 is 0 Å². The average molecular weight is 381 g/mol. The molecule has 0 aromatic heterocycles. The largest absolute Gasteiger partial charge is 0.478 e. The maximum atomic E-state index is 14.0. The summed E-state index contributed by atoms with van der Waals surface area (Å²) in [4.78, 5) is 24.7. The molecule has 3 N–H and O–H groups in total. The molecule has 0 fully saturated rings. The van der Waals surface area contributed by atoms with E-state index in [1.807, 2.05) is 5.32 Å². The van der Waals surface area contributed by atoms with Crippen molar-refractivity contribution in [1.29, 1.82) is 0 Å². The van der Waals surface area contributed by atoms with E-state index in [2.05, 4.69) is 4.74 Å². The van der Waals surface area contributed by atoms with Crippen LogP contribution in [0.2, 0.25) is 0 Å². The van der Waals surface area contributed by atoms with E-state index in [9.17, 15) is 22.8 Å². The Kier molecular flexibility index (Phi) is 6.57. The van der Waals surface area contributed by atoms with Crippen LogP contribution < -0.4 is 10.6 Å². The third kappa shape index (κ3) is 4.85. The fraction of sp³-hybridized carbons (Fsp3) is 0.263. The molecule has 0 aliphatic heterocycles. The van der Waals surface area contributed by atoms with Crippen LogP contribution in [-0.2, 0) is 16.1 Å². The molecule has 1 atom stereocenters. The number of halogens is 3. The van der Waals surface area contributed by atoms with Crippen molar-refractivity contribution in [3.8, 4) is 0 Å². The molecule has 8 heteroatoms. The molecular formula is C19H20F3N2O3+. The third-order valence-electron chi connectivity index (χ3n) is 3.88. The van der Waals surface area contributed by atoms with Crippen molar-refractivity contribution in [2.45, 2.75) is 25.3 Å². The van der Waals surface area contributed by atoms with Gasteiger partial charge in [0.05, 0.1) is 6.61 Å². The van der Waals surface area contributed by atoms with Crippen molar-refractivity contribution in [2.75, 3.05) is 6.61 Å². The van der Waals surface area contributed by atoms with Gasteiger partial charge in [0.1, 0.15) is 6.54 Å². The fourth-order valence-electron chi connectivity index (χ4n) is 2.46. The molecule has 2 rings (SSSR count). The molecule has 0 unspecified atom stereocenters. The Morgan fingerprint density at radius 2 is 1.56 bits per heavy atom. The maximum absolute atomic E-state index is 14.0. The number of rotatable bonds is 7. The summed E-state index contributed by atoms with van der Waals surface area (Å²) in [5, 5.41) is 2.58. The quantitative estimate of drug-likeness (QED) is 0.569. The summed E-state index contributed by atoms with van der Waals surface area (Å²) in [5.74, 6) is -2.59. The van der Waals surface area contributed by atoms with Gasteiger partial charge in [0, 0.05) is 11.1 Å². The SMILES string of the molecule is CCOC(=O)[C@@](NC(=O)c1ccccc1)([NH2+]Cc1ccccc1)C(F)(F)F. The first kappa shape index (κ1) is 20.4. The Bertz CT molecular complexity index is 767. The third-order valence-corrected chi connectivity index (χ3v) is 3.88. The highest BCUT2D eigenvalue weighted by atomic mass is 19.4. The number of ether oxygens (including phenoxy) is 1. The number of amides is 1. The van der Waals surface area contributed by atoms with Crippen LogP contribution in [0.4, 0.5) is 13.2 Å². The molecule has 2 aromatic carbocycles. The molecule has 0 aliphatic rings. The number of carbonyl (C=O) groups is 2. The fourth-order valence-corrected chi connectivity index (χ4v) is 2.46. The molecule has 0 spiro atoms. The minimum Gasteiger partial charge on any atom is -0.460 e. The van der Waals surface area contributed by atoms with E-state index in [1.54, 1.807) is 36.4 Å². The Balaban J connectivity index is 2.37. The number of quaternary nitrogens is 1. The molecule has 1 amide bonds. The second-order valence-electron chi connectivity index (χ2n) is 5.74. The summed E-state index contributed by atoms with van der Waals surface area (Å²) in [6.45, 7) is 0.959. The Morgan fingerprint density at radius 1 is 1.00 bits per heavy atom. The molecule has 0 radical (unpaired) electrons. The molecule has 0 aliphatic carbocycles. The highest BCUT2D eigenvalue weighted by molar-refractivity contribution is 5.97. The van der Waals surface area contributed by atoms with Crippen molar-refractivity contribution in [2.24, 2.45) is 0 Å². The summed E-state index contributed by atoms with van der Waals surface area (Å²) in [7, 11) is 0. The molecule has 0 bridgehead atoms. The molecule has 0 saturated heterocycles. The predicted molar refractivity (Wildman–Crippen MR) is 91.4 cm³/mol. The average Bonchev–Trinajstić information content (AvgIpc) is 2.65. The Morgan fingerprint density at radius 3 is 2.07 bits per heavy atom. The first-order valence-corrected chi connectivity index (χ1v) is 8.30. The second-order valence-corrected chi connectivity index (χ2v) is 5.74. The normalized spacial score (nSPS) is 13.5. The minimum atomic E-state index is -5.08. The van der Waals surface area contributed by atoms with Crippen LogP contribution in [0, 0.1) is 0 Å². The van der Waals surface area contributed by atoms with E-state index in [0.717, 1.165) is 5.32 Å². The van der Waals surface area contributed by atoms with Crippen LogP contribution in [0.3, 0.4) is 0 Å². The number of hydrogen-bond acceptors (Lipinski definition) is 3. The zero-order valence-corrected chi connectivity index (χ0v) is 14.6. The number of nitrogens with two attached hydrogens (primary N) is 1. The summed E-state index contributed by atoms with van der Waals surface area (Å²) < 4.78 is 46.6. The molecule has 5 nitrogen and oxygen atoms in total. The second kappa shape index (κ2) is 8.68. The van der Waals surface area contributed by atoms with Crippen LogP contribution in [-0.4, -0.2) is 30.3 Å². The zero-order chi connectivity index (χ0) is 19.9. The first-order chi connectivity index (χ1) is 12.8. The van der Waals surface area contributed by atoms with E-state index in [0.29, 0.717) is 5.56 Å². The lowest BCUT2D eigenvalue weighted by Crippen LogP contribution is -3.06. The van der Waals surface area contributed by atoms with Gasteiger partial charge < -0.3 is 10.1 Å². The Hall–Kier alpha value is -2.87. The van der Waals surface area contributed by atoms with Gasteiger partial charge in [-0.05, 0) is 19.1 Å². The lowest BCUT2D eigenvalue weighted by atomic mass is 10.1. The van der Waals surface area contributed by atoms with Crippen LogP contribution in [0.15, 0.2) is 60.7 Å². The standard InChI is InChI=1S/C19H19F3N2O3/c1-2-27-17(26)18(19(20,21)22,23-13-14-9-5-3-6-10-14)24-16(25)15-11-7-4-8-12-15/h3-12,23H,2,13H2,1H3,(H,24,25)/p+1/t18-/m0/s1. The smallest absolute Gasteiger partial charge is 0.460 e. The van der Waals surface area contributed by atoms with Gasteiger partial charge in [-0.15, -0.1) is 0 Å². The van der Waals surface area contributed by atoms with Crippen LogP contribution in [0.1, 0.15) is 22.8 Å². The van der Waals surface area contributed by atoms with E-state index < -0.39 is 23.7 Å². The van der Waals surface area contributed by atoms with Crippen LogP contribution in [0.5, 0.6) is 0 Å². The van der Waals surface area contributed by atoms with Gasteiger partial charge in [-0.25, -0.2) is 4.79 Å². The van der Waals surface area contributed by atoms with Gasteiger partial charge in [-0.3, -0.25) is 10.1 Å². The maximum Gasteiger partial charge on any atom is 0.478 e. The number of carbonyl (C=O) groups excluding carboxylic acids is 2. The van der Waals surface area contributed by atoms with Gasteiger partial charge in [0.25, 0.3) is 5.91 Å². The van der Waals surface area contributed by atoms with Gasteiger partial charge in [0.2, 0.25) is 0 Å². The lowest BCUT2D eigenvalue weighted by Gasteiger charge is -2.31. The molecule has 144 valence electrons. The zero-order valence-electron chi connectivity index (χ0n) is 14.6. The highest BCUT2D eigenvalue weighted by Gasteiger charge is 2.67. The molecule has 27 heavy (non-hydrogen) atoms. The Labute approximate surface area is 154 Å². The number of hydrogen-bond donors (Lipinski definition) is 2. The summed E-state index contributed by atoms with van der Waals surface area (Å²) >= 11 is 0. The van der Waals surface area contributed by atoms with Crippen molar-refractivity contribution in [3.63, 3.8) is 0 Å². The molecular weight excluding hydrogens is 361 g/mol. The van der Waals surface area contributed by atoms with Gasteiger partial charge >= 0.3 is 17.8 Å². The molecule has 0 heterocycles. The highest BCUT2D eigenvalue weighted by Crippen LogP contribution is 2.27. The lowest BCUT2D eigenvalue weighted by molar-refractivity contribution is -0.757. The van der Waals surface area contributed by atoms with E-state index >= 15 is 0 Å². The first-order valence-electron chi connectivity index (χ1n) is 8.30. The minimum absolute atomic E-state index is 0.00327. The molecule has 2 aromatic rings. The predicted octanol–water partition coefficient (Wildman–Crippen LogP) is 2.00. The molecule has 0 saturated carbocycles. The summed E-state index contributed by atoms with van der Waals surface area (Å²) in [5.41, 5.74) is -2.70. The van der Waals surface area contributed by atoms with E-state index in [-0.39, 0.29) is 18.7 Å². The van der Waals surface area contributed by atoms with Crippen molar-refractivity contribution in [3.05, 3.63) is 71.8 Å². The number of benzene rings is 2. The van der Waals surface area contributed by atoms with Gasteiger partial charge in [-0.2, -0.15) is 13.2 Å². The van der Waals surface area contributed by atoms with E-state index in [4.69, 9.17) is 0 Å². The summed E-state index contributed by atoms with van der Waals surface area (Å²) in [6, 6.07) is 15.7. The van der Waals surface area contributed by atoms with Crippen LogP contribution in [0.25, 0.3) is 0 Å². The van der Waals surface area contributed by atoms with E-state index in [1.165, 1.54) is 31.2 Å². The monoisotopic (exact) mass is 381 g/mol. The van der Waals surface area contributed by atoms with Gasteiger partial charge in [0.15, 0.2) is 0 Å². The number of alkyl halides is 3. The van der Waals surface area contributed by atoms with Gasteiger partial charge in [-0.1, -0.05) is 48.5 Å². The number of esters is 1.